The summed E-state index contributed by atoms with van der Waals surface area (Å²) in [4.78, 5) is 27.1. The third-order valence-corrected chi connectivity index (χ3v) is 8.85. The van der Waals surface area contributed by atoms with E-state index >= 15 is 0 Å². The number of ether oxygens (including phenoxy) is 2. The molecule has 0 bridgehead atoms. The van der Waals surface area contributed by atoms with Crippen LogP contribution in [0.4, 0.5) is 0 Å². The predicted molar refractivity (Wildman–Crippen MR) is 188 cm³/mol. The fourth-order valence-electron chi connectivity index (χ4n) is 6.16. The lowest BCUT2D eigenvalue weighted by Gasteiger charge is -2.31. The topological polar surface area (TPSA) is 81.9 Å². The van der Waals surface area contributed by atoms with Gasteiger partial charge in [-0.1, -0.05) is 112 Å². The van der Waals surface area contributed by atoms with Gasteiger partial charge in [0.05, 0.1) is 5.92 Å². The smallest absolute Gasteiger partial charge is 0.308 e. The molecule has 0 aliphatic carbocycles. The number of carbonyl (C=O) groups is 2. The average molecular weight is 623 g/mol. The Hall–Kier alpha value is -1.40. The summed E-state index contributed by atoms with van der Waals surface area (Å²) in [5, 5.41) is 0. The zero-order valence-electron chi connectivity index (χ0n) is 30.8. The fourth-order valence-corrected chi connectivity index (χ4v) is 6.16. The molecule has 260 valence electrons. The summed E-state index contributed by atoms with van der Waals surface area (Å²) in [6.07, 6.45) is 20.2. The van der Waals surface area contributed by atoms with Gasteiger partial charge in [0, 0.05) is 12.0 Å². The molecule has 0 aromatic heterocycles. The highest BCUT2D eigenvalue weighted by atomic mass is 16.5. The molecule has 0 fully saturated rings. The van der Waals surface area contributed by atoms with Crippen LogP contribution in [0.5, 0.6) is 0 Å². The molecule has 0 aromatic carbocycles. The molecule has 0 heterocycles. The van der Waals surface area contributed by atoms with E-state index in [2.05, 4.69) is 46.4 Å². The van der Waals surface area contributed by atoms with Gasteiger partial charge in [-0.2, -0.15) is 0 Å². The van der Waals surface area contributed by atoms with Gasteiger partial charge in [0.2, 0.25) is 0 Å². The number of nitrogens with zero attached hydrogens (tertiary/aromatic N) is 1. The van der Waals surface area contributed by atoms with Crippen molar-refractivity contribution in [2.45, 2.75) is 163 Å². The Balaban J connectivity index is 4.94. The lowest BCUT2D eigenvalue weighted by molar-refractivity contribution is -0.152. The SMILES string of the molecule is CCCCCCCC(C)CCCC(C)CCC(OC(=O)CCCN(C)C)C(C)CC(C)(N)/C=C\COC(=O)C(C)CC(C)C. The Morgan fingerprint density at radius 2 is 1.45 bits per heavy atom. The van der Waals surface area contributed by atoms with Crippen LogP contribution in [0.15, 0.2) is 12.2 Å². The molecule has 0 aliphatic heterocycles. The van der Waals surface area contributed by atoms with Crippen molar-refractivity contribution in [3.8, 4) is 0 Å². The Morgan fingerprint density at radius 3 is 2.07 bits per heavy atom. The van der Waals surface area contributed by atoms with E-state index in [1.807, 2.05) is 40.1 Å². The van der Waals surface area contributed by atoms with Crippen molar-refractivity contribution < 1.29 is 19.1 Å². The Morgan fingerprint density at radius 1 is 0.841 bits per heavy atom. The molecular formula is C38H74N2O4. The van der Waals surface area contributed by atoms with Crippen LogP contribution in [0.1, 0.15) is 152 Å². The highest BCUT2D eigenvalue weighted by molar-refractivity contribution is 5.72. The number of unbranched alkanes of at least 4 members (excludes halogenated alkanes) is 4. The zero-order chi connectivity index (χ0) is 33.5. The molecule has 6 nitrogen and oxygen atoms in total. The van der Waals surface area contributed by atoms with Crippen LogP contribution in [-0.4, -0.2) is 55.7 Å². The van der Waals surface area contributed by atoms with Crippen molar-refractivity contribution in [3.63, 3.8) is 0 Å². The fraction of sp³-hybridized carbons (Fsp3) is 0.895. The van der Waals surface area contributed by atoms with Gasteiger partial charge in [-0.05, 0) is 89.4 Å². The van der Waals surface area contributed by atoms with Gasteiger partial charge < -0.3 is 20.1 Å². The molecule has 0 spiro atoms. The first-order valence-corrected chi connectivity index (χ1v) is 18.1. The minimum Gasteiger partial charge on any atom is -0.462 e. The van der Waals surface area contributed by atoms with E-state index in [0.29, 0.717) is 24.7 Å². The van der Waals surface area contributed by atoms with Gasteiger partial charge in [-0.3, -0.25) is 9.59 Å². The Kier molecular flexibility index (Phi) is 24.0. The summed E-state index contributed by atoms with van der Waals surface area (Å²) in [6.45, 7) is 18.4. The van der Waals surface area contributed by atoms with Gasteiger partial charge in [-0.25, -0.2) is 0 Å². The summed E-state index contributed by atoms with van der Waals surface area (Å²) in [5.74, 6) is 1.60. The lowest BCUT2D eigenvalue weighted by atomic mass is 9.84. The number of nitrogens with two attached hydrogens (primary N) is 1. The van der Waals surface area contributed by atoms with Crippen LogP contribution in [0.2, 0.25) is 0 Å². The first-order valence-electron chi connectivity index (χ1n) is 18.1. The van der Waals surface area contributed by atoms with Gasteiger partial charge in [0.25, 0.3) is 0 Å². The van der Waals surface area contributed by atoms with Gasteiger partial charge >= 0.3 is 11.9 Å². The van der Waals surface area contributed by atoms with Crippen molar-refractivity contribution in [1.82, 2.24) is 4.90 Å². The second-order valence-corrected chi connectivity index (χ2v) is 15.1. The highest BCUT2D eigenvalue weighted by Gasteiger charge is 2.28. The van der Waals surface area contributed by atoms with E-state index in [1.165, 1.54) is 57.8 Å². The standard InChI is InChI=1S/C38H74N2O4/c1-11-12-13-14-15-19-31(4)20-16-21-32(5)23-24-35(44-36(41)22-17-26-40(9)10)34(7)29-38(8,39)25-18-27-43-37(42)33(6)28-30(2)3/h18,25,30-35H,11-17,19-24,26-29,39H2,1-10H3/b25-18-. The minimum atomic E-state index is -0.594. The minimum absolute atomic E-state index is 0.105. The molecule has 6 unspecified atom stereocenters. The second-order valence-electron chi connectivity index (χ2n) is 15.1. The van der Waals surface area contributed by atoms with Crippen molar-refractivity contribution in [2.24, 2.45) is 35.3 Å². The van der Waals surface area contributed by atoms with Crippen molar-refractivity contribution in [3.05, 3.63) is 12.2 Å². The first kappa shape index (κ1) is 42.6. The van der Waals surface area contributed by atoms with Crippen molar-refractivity contribution >= 4 is 11.9 Å². The Labute approximate surface area is 273 Å². The summed E-state index contributed by atoms with van der Waals surface area (Å²) in [5.41, 5.74) is 6.08. The van der Waals surface area contributed by atoms with Crippen LogP contribution >= 0.6 is 0 Å². The molecule has 2 N–H and O–H groups in total. The van der Waals surface area contributed by atoms with E-state index < -0.39 is 5.54 Å². The summed E-state index contributed by atoms with van der Waals surface area (Å²) < 4.78 is 11.6. The van der Waals surface area contributed by atoms with E-state index in [0.717, 1.165) is 38.1 Å². The third-order valence-electron chi connectivity index (χ3n) is 8.85. The predicted octanol–water partition coefficient (Wildman–Crippen LogP) is 9.35. The zero-order valence-corrected chi connectivity index (χ0v) is 30.8. The van der Waals surface area contributed by atoms with Crippen LogP contribution < -0.4 is 5.73 Å². The molecule has 0 saturated heterocycles. The quantitative estimate of drug-likeness (QED) is 0.0558. The lowest BCUT2D eigenvalue weighted by Crippen LogP contribution is -2.39. The molecule has 0 radical (unpaired) electrons. The average Bonchev–Trinajstić information content (AvgIpc) is 2.92. The summed E-state index contributed by atoms with van der Waals surface area (Å²) in [7, 11) is 4.05. The monoisotopic (exact) mass is 623 g/mol. The van der Waals surface area contributed by atoms with E-state index in [-0.39, 0.29) is 36.5 Å². The van der Waals surface area contributed by atoms with Crippen LogP contribution in [0.3, 0.4) is 0 Å². The maximum Gasteiger partial charge on any atom is 0.308 e. The first-order chi connectivity index (χ1) is 20.7. The molecule has 6 atom stereocenters. The van der Waals surface area contributed by atoms with Crippen LogP contribution in [0.25, 0.3) is 0 Å². The van der Waals surface area contributed by atoms with E-state index in [9.17, 15) is 9.59 Å². The van der Waals surface area contributed by atoms with Gasteiger partial charge in [-0.15, -0.1) is 0 Å². The maximum atomic E-state index is 12.8. The van der Waals surface area contributed by atoms with Crippen LogP contribution in [0, 0.1) is 29.6 Å². The molecule has 0 rings (SSSR count). The molecule has 0 amide bonds. The molecule has 6 heteroatoms. The largest absolute Gasteiger partial charge is 0.462 e. The van der Waals surface area contributed by atoms with Crippen LogP contribution in [-0.2, 0) is 19.1 Å². The number of esters is 2. The van der Waals surface area contributed by atoms with Gasteiger partial charge in [0.15, 0.2) is 0 Å². The second kappa shape index (κ2) is 24.8. The van der Waals surface area contributed by atoms with E-state index in [4.69, 9.17) is 15.2 Å². The molecular weight excluding hydrogens is 548 g/mol. The molecule has 0 aliphatic rings. The third kappa shape index (κ3) is 23.9. The molecule has 0 saturated carbocycles. The van der Waals surface area contributed by atoms with Crippen molar-refractivity contribution in [1.29, 1.82) is 0 Å². The number of rotatable bonds is 27. The molecule has 44 heavy (non-hydrogen) atoms. The van der Waals surface area contributed by atoms with Gasteiger partial charge in [0.1, 0.15) is 12.7 Å². The van der Waals surface area contributed by atoms with E-state index in [1.54, 1.807) is 0 Å². The number of hydrogen-bond acceptors (Lipinski definition) is 6. The number of hydrogen-bond donors (Lipinski definition) is 1. The molecule has 0 aromatic rings. The van der Waals surface area contributed by atoms with Crippen molar-refractivity contribution in [2.75, 3.05) is 27.2 Å². The summed E-state index contributed by atoms with van der Waals surface area (Å²) >= 11 is 0. The highest BCUT2D eigenvalue weighted by Crippen LogP contribution is 2.27. The summed E-state index contributed by atoms with van der Waals surface area (Å²) in [6, 6.07) is 0. The maximum absolute atomic E-state index is 12.8. The Bertz CT molecular complexity index is 764. The normalized spacial score (nSPS) is 16.9. The number of carbonyl (C=O) groups excluding carboxylic acids is 2.